The number of carbonyl (C=O) groups is 1. The molecule has 9 heteroatoms. The van der Waals surface area contributed by atoms with Crippen molar-refractivity contribution in [2.75, 3.05) is 32.8 Å². The molecular weight excluding hydrogens is 558 g/mol. The van der Waals surface area contributed by atoms with Crippen LogP contribution in [0.2, 0.25) is 0 Å². The minimum atomic E-state index is -1.34. The number of likely N-dealkylation sites (tertiary alicyclic amines) is 1. The maximum atomic E-state index is 13.7. The summed E-state index contributed by atoms with van der Waals surface area (Å²) in [4.78, 5) is 20.8. The third kappa shape index (κ3) is 7.11. The Balaban J connectivity index is 1.54. The van der Waals surface area contributed by atoms with Crippen molar-refractivity contribution in [1.29, 1.82) is 5.26 Å². The fraction of sp³-hybridized carbons (Fsp3) is 0.441. The first-order chi connectivity index (χ1) is 20.7. The number of aliphatic hydroxyl groups excluding tert-OH is 1. The maximum absolute atomic E-state index is 13.7. The summed E-state index contributed by atoms with van der Waals surface area (Å²) in [5.41, 5.74) is 6.02. The second kappa shape index (κ2) is 13.6. The second-order valence-corrected chi connectivity index (χ2v) is 14.5. The van der Waals surface area contributed by atoms with Gasteiger partial charge in [-0.15, -0.1) is 4.31 Å². The summed E-state index contributed by atoms with van der Waals surface area (Å²) in [6.07, 6.45) is 4.06. The molecule has 1 aromatic heterocycles. The Hall–Kier alpha value is -3.26. The molecule has 43 heavy (non-hydrogen) atoms. The quantitative estimate of drug-likeness (QED) is 0.325. The highest BCUT2D eigenvalue weighted by Gasteiger charge is 2.45. The van der Waals surface area contributed by atoms with Crippen LogP contribution in [0.25, 0.3) is 22.4 Å². The molecule has 2 atom stereocenters. The van der Waals surface area contributed by atoms with Gasteiger partial charge in [-0.1, -0.05) is 36.8 Å². The lowest BCUT2D eigenvalue weighted by Crippen LogP contribution is -2.42. The molecule has 0 bridgehead atoms. The van der Waals surface area contributed by atoms with Gasteiger partial charge in [0.1, 0.15) is 10.4 Å². The van der Waals surface area contributed by atoms with Crippen LogP contribution in [0.1, 0.15) is 79.7 Å². The van der Waals surface area contributed by atoms with Gasteiger partial charge < -0.3 is 19.9 Å². The van der Waals surface area contributed by atoms with Gasteiger partial charge in [0.2, 0.25) is 0 Å². The Morgan fingerprint density at radius 2 is 1.79 bits per heavy atom. The summed E-state index contributed by atoms with van der Waals surface area (Å²) in [5, 5.41) is 22.6. The zero-order valence-electron chi connectivity index (χ0n) is 25.3. The molecule has 0 saturated carbocycles. The van der Waals surface area contributed by atoms with E-state index in [1.807, 2.05) is 73.6 Å². The van der Waals surface area contributed by atoms with Crippen molar-refractivity contribution in [3.05, 3.63) is 77.0 Å². The Morgan fingerprint density at radius 1 is 1.09 bits per heavy atom. The highest BCUT2D eigenvalue weighted by Crippen LogP contribution is 2.45. The molecule has 3 aromatic rings. The van der Waals surface area contributed by atoms with Crippen molar-refractivity contribution in [3.8, 4) is 28.5 Å². The number of amides is 1. The van der Waals surface area contributed by atoms with Gasteiger partial charge in [0.25, 0.3) is 5.91 Å². The lowest BCUT2D eigenvalue weighted by molar-refractivity contribution is 0.0941. The predicted octanol–water partition coefficient (Wildman–Crippen LogP) is 5.20. The van der Waals surface area contributed by atoms with Crippen molar-refractivity contribution in [2.45, 2.75) is 63.8 Å². The van der Waals surface area contributed by atoms with E-state index < -0.39 is 16.1 Å². The minimum absolute atomic E-state index is 0.0683. The van der Waals surface area contributed by atoms with E-state index in [0.29, 0.717) is 36.5 Å². The third-order valence-corrected chi connectivity index (χ3v) is 10.0. The van der Waals surface area contributed by atoms with E-state index in [4.69, 9.17) is 4.98 Å². The van der Waals surface area contributed by atoms with Gasteiger partial charge in [-0.2, -0.15) is 5.26 Å². The van der Waals surface area contributed by atoms with E-state index >= 15 is 0 Å². The number of nitriles is 1. The number of carbonyl (C=O) groups excluding carboxylic acids is 1. The smallest absolute Gasteiger partial charge is 0.269 e. The number of rotatable bonds is 9. The zero-order chi connectivity index (χ0) is 30.6. The lowest BCUT2D eigenvalue weighted by Gasteiger charge is -2.33. The van der Waals surface area contributed by atoms with Crippen molar-refractivity contribution < 1.29 is 14.5 Å². The average molecular weight is 600 g/mol. The second-order valence-electron chi connectivity index (χ2n) is 12.3. The Morgan fingerprint density at radius 3 is 2.49 bits per heavy atom. The number of piperidine rings is 1. The Kier molecular flexibility index (Phi) is 9.85. The number of hydrogen-bond acceptors (Lipinski definition) is 7. The fourth-order valence-corrected chi connectivity index (χ4v) is 7.42. The minimum Gasteiger partial charge on any atom is -0.597 e. The van der Waals surface area contributed by atoms with Crippen molar-refractivity contribution in [2.24, 2.45) is 0 Å². The van der Waals surface area contributed by atoms with E-state index in [-0.39, 0.29) is 18.6 Å². The van der Waals surface area contributed by atoms with Gasteiger partial charge >= 0.3 is 0 Å². The summed E-state index contributed by atoms with van der Waals surface area (Å²) < 4.78 is 15.1. The van der Waals surface area contributed by atoms with Crippen LogP contribution in [-0.2, 0) is 17.9 Å². The van der Waals surface area contributed by atoms with Gasteiger partial charge in [0, 0.05) is 42.2 Å². The molecule has 5 rings (SSSR count). The highest BCUT2D eigenvalue weighted by molar-refractivity contribution is 7.90. The first kappa shape index (κ1) is 31.2. The number of nitrogens with zero attached hydrogens (tertiary/aromatic N) is 4. The number of benzene rings is 2. The Bertz CT molecular complexity index is 1490. The molecule has 0 aliphatic carbocycles. The maximum Gasteiger partial charge on any atom is 0.269 e. The van der Waals surface area contributed by atoms with Crippen molar-refractivity contribution >= 4 is 17.3 Å². The summed E-state index contributed by atoms with van der Waals surface area (Å²) in [6.45, 7) is 9.66. The standard InChI is InChI=1S/C34H41N5O3S/c1-34(2,3)43(42)39-23-28-21-29(33(41)36-14-17-38-15-5-4-6-16-38)37-32(31(28)30(39)13-18-40)27-12-8-11-26(20-27)25-10-7-9-24(19-25)22-35/h7-12,19-21,30,40H,4-6,13-18,23H2,1-3H3,(H,36,41)/t30-,43?/m1/s1. The van der Waals surface area contributed by atoms with Crippen LogP contribution in [0.15, 0.2) is 54.6 Å². The van der Waals surface area contributed by atoms with E-state index in [9.17, 15) is 19.7 Å². The molecule has 2 aliphatic rings. The van der Waals surface area contributed by atoms with Crippen LogP contribution < -0.4 is 5.32 Å². The van der Waals surface area contributed by atoms with Gasteiger partial charge in [0.15, 0.2) is 0 Å². The lowest BCUT2D eigenvalue weighted by atomic mass is 9.93. The van der Waals surface area contributed by atoms with Gasteiger partial charge in [-0.05, 0) is 94.1 Å². The van der Waals surface area contributed by atoms with E-state index in [1.165, 1.54) is 19.3 Å². The van der Waals surface area contributed by atoms with Crippen LogP contribution >= 0.6 is 0 Å². The zero-order valence-corrected chi connectivity index (χ0v) is 26.1. The number of hydrogen-bond donors (Lipinski definition) is 2. The van der Waals surface area contributed by atoms with Crippen molar-refractivity contribution in [3.63, 3.8) is 0 Å². The molecule has 1 amide bonds. The number of pyridine rings is 1. The van der Waals surface area contributed by atoms with Crippen molar-refractivity contribution in [1.82, 2.24) is 19.5 Å². The summed E-state index contributed by atoms with van der Waals surface area (Å²) in [5.74, 6) is -0.229. The molecule has 2 N–H and O–H groups in total. The molecule has 1 saturated heterocycles. The summed E-state index contributed by atoms with van der Waals surface area (Å²) >= 11 is -1.34. The molecule has 8 nitrogen and oxygen atoms in total. The monoisotopic (exact) mass is 599 g/mol. The van der Waals surface area contributed by atoms with Crippen LogP contribution in [0.3, 0.4) is 0 Å². The van der Waals surface area contributed by atoms with Crippen LogP contribution in [-0.4, -0.2) is 67.3 Å². The molecule has 2 aliphatic heterocycles. The van der Waals surface area contributed by atoms with E-state index in [2.05, 4.69) is 16.3 Å². The molecule has 0 spiro atoms. The molecule has 3 heterocycles. The normalized spacial score (nSPS) is 18.2. The van der Waals surface area contributed by atoms with Crippen LogP contribution in [0.4, 0.5) is 0 Å². The van der Waals surface area contributed by atoms with Gasteiger partial charge in [-0.3, -0.25) is 4.79 Å². The van der Waals surface area contributed by atoms with E-state index in [0.717, 1.165) is 47.5 Å². The topological polar surface area (TPSA) is 116 Å². The molecule has 1 unspecified atom stereocenters. The summed E-state index contributed by atoms with van der Waals surface area (Å²) in [7, 11) is 0. The SMILES string of the molecule is CC(C)(C)[S+]([O-])N1Cc2cc(C(=O)NCCN3CCCCC3)nc(-c3cccc(-c4cccc(C#N)c4)c3)c2[C@H]1CCO. The molecule has 0 radical (unpaired) electrons. The molecule has 2 aromatic carbocycles. The average Bonchev–Trinajstić information content (AvgIpc) is 3.38. The van der Waals surface area contributed by atoms with E-state index in [1.54, 1.807) is 6.07 Å². The molecular formula is C34H41N5O3S. The highest BCUT2D eigenvalue weighted by atomic mass is 32.2. The van der Waals surface area contributed by atoms with Crippen LogP contribution in [0.5, 0.6) is 0 Å². The van der Waals surface area contributed by atoms with Gasteiger partial charge in [0.05, 0.1) is 29.9 Å². The first-order valence-electron chi connectivity index (χ1n) is 15.1. The third-order valence-electron chi connectivity index (χ3n) is 8.15. The number of fused-ring (bicyclic) bond motifs is 1. The Labute approximate surface area is 258 Å². The fourth-order valence-electron chi connectivity index (χ4n) is 6.02. The first-order valence-corrected chi connectivity index (χ1v) is 16.2. The number of aromatic nitrogens is 1. The number of aliphatic hydroxyl groups is 1. The van der Waals surface area contributed by atoms with Crippen LogP contribution in [0, 0.1) is 11.3 Å². The predicted molar refractivity (Wildman–Crippen MR) is 170 cm³/mol. The molecule has 1 fully saturated rings. The summed E-state index contributed by atoms with van der Waals surface area (Å²) in [6, 6.07) is 19.1. The van der Waals surface area contributed by atoms with Gasteiger partial charge in [-0.25, -0.2) is 4.98 Å². The molecule has 226 valence electrons. The largest absolute Gasteiger partial charge is 0.597 e. The number of nitrogens with one attached hydrogen (secondary N) is 1.